The predicted octanol–water partition coefficient (Wildman–Crippen LogP) is 3.99. The van der Waals surface area contributed by atoms with E-state index in [-0.39, 0.29) is 18.0 Å². The van der Waals surface area contributed by atoms with Gasteiger partial charge in [0, 0.05) is 30.7 Å². The summed E-state index contributed by atoms with van der Waals surface area (Å²) in [6.07, 6.45) is 0.580. The minimum atomic E-state index is 0.0198. The van der Waals surface area contributed by atoms with E-state index in [4.69, 9.17) is 9.84 Å². The molecule has 1 aromatic heterocycles. The van der Waals surface area contributed by atoms with Crippen LogP contribution in [0.4, 0.5) is 5.69 Å². The molecular weight excluding hydrogens is 274 g/mol. The number of rotatable bonds is 6. The average Bonchev–Trinajstić information content (AvgIpc) is 2.85. The molecule has 0 spiro atoms. The number of fused-ring (bicyclic) bond motifs is 1. The summed E-state index contributed by atoms with van der Waals surface area (Å²) in [6, 6.07) is 5.77. The van der Waals surface area contributed by atoms with Gasteiger partial charge in [0.15, 0.2) is 5.78 Å². The number of anilines is 1. The molecule has 0 atom stereocenters. The number of aliphatic hydroxyl groups is 1. The summed E-state index contributed by atoms with van der Waals surface area (Å²) in [5, 5.41) is 13.1. The molecule has 2 N–H and O–H groups in total. The normalized spacial score (nSPS) is 10.5. The van der Waals surface area contributed by atoms with E-state index < -0.39 is 0 Å². The van der Waals surface area contributed by atoms with Gasteiger partial charge < -0.3 is 15.2 Å². The lowest BCUT2D eigenvalue weighted by Crippen LogP contribution is -1.96. The van der Waals surface area contributed by atoms with Gasteiger partial charge in [-0.3, -0.25) is 4.79 Å². The zero-order chi connectivity index (χ0) is 14.7. The molecule has 0 aliphatic heterocycles. The van der Waals surface area contributed by atoms with Crippen LogP contribution >= 0.6 is 11.3 Å². The van der Waals surface area contributed by atoms with Gasteiger partial charge in [0.25, 0.3) is 0 Å². The highest BCUT2D eigenvalue weighted by Crippen LogP contribution is 2.35. The number of hydrogen-bond donors (Lipinski definition) is 2. The van der Waals surface area contributed by atoms with Crippen molar-refractivity contribution in [2.24, 2.45) is 0 Å². The third-order valence-corrected chi connectivity index (χ3v) is 4.16. The number of nitrogens with one attached hydrogen (secondary N) is 1. The number of methoxy groups -OCH3 is 1. The van der Waals surface area contributed by atoms with Crippen LogP contribution in [0.1, 0.15) is 22.5 Å². The number of benzene rings is 1. The summed E-state index contributed by atoms with van der Waals surface area (Å²) in [7, 11) is 3.45. The smallest absolute Gasteiger partial charge is 0.173 e. The van der Waals surface area contributed by atoms with Crippen LogP contribution in [-0.4, -0.2) is 25.0 Å². The molecule has 0 unspecified atom stereocenters. The Morgan fingerprint density at radius 1 is 1.40 bits per heavy atom. The molecule has 0 amide bonds. The number of hydrogen-bond acceptors (Lipinski definition) is 5. The maximum Gasteiger partial charge on any atom is 0.173 e. The van der Waals surface area contributed by atoms with Gasteiger partial charge in [0.05, 0.1) is 23.4 Å². The minimum Gasteiger partial charge on any atom is -0.513 e. The van der Waals surface area contributed by atoms with Crippen LogP contribution in [0.2, 0.25) is 0 Å². The maximum absolute atomic E-state index is 12.0. The molecule has 0 saturated carbocycles. The molecule has 20 heavy (non-hydrogen) atoms. The summed E-state index contributed by atoms with van der Waals surface area (Å²) in [5.41, 5.74) is 0.889. The van der Waals surface area contributed by atoms with E-state index in [2.05, 4.69) is 11.9 Å². The van der Waals surface area contributed by atoms with Gasteiger partial charge >= 0.3 is 0 Å². The highest BCUT2D eigenvalue weighted by Gasteiger charge is 2.13. The first-order chi connectivity index (χ1) is 9.55. The molecular formula is C15H17NO3S. The van der Waals surface area contributed by atoms with Gasteiger partial charge in [-0.05, 0) is 17.5 Å². The zero-order valence-electron chi connectivity index (χ0n) is 11.5. The Kier molecular flexibility index (Phi) is 4.29. The Balaban J connectivity index is 2.33. The Morgan fingerprint density at radius 3 is 2.75 bits per heavy atom. The van der Waals surface area contributed by atoms with Crippen LogP contribution in [0.25, 0.3) is 10.1 Å². The Labute approximate surface area is 121 Å². The number of ether oxygens (including phenoxy) is 1. The zero-order valence-corrected chi connectivity index (χ0v) is 12.3. The van der Waals surface area contributed by atoms with Crippen LogP contribution in [0, 0.1) is 0 Å². The number of thiophene rings is 1. The van der Waals surface area contributed by atoms with E-state index in [0.29, 0.717) is 11.3 Å². The molecule has 5 heteroatoms. The third kappa shape index (κ3) is 2.93. The van der Waals surface area contributed by atoms with Gasteiger partial charge in [-0.15, -0.1) is 11.3 Å². The van der Waals surface area contributed by atoms with Gasteiger partial charge in [-0.1, -0.05) is 6.58 Å². The highest BCUT2D eigenvalue weighted by atomic mass is 32.1. The van der Waals surface area contributed by atoms with Crippen LogP contribution < -0.4 is 10.1 Å². The second-order valence-electron chi connectivity index (χ2n) is 4.44. The van der Waals surface area contributed by atoms with Crippen molar-refractivity contribution in [2.45, 2.75) is 12.8 Å². The average molecular weight is 291 g/mol. The number of aliphatic hydroxyl groups excluding tert-OH is 1. The standard InChI is InChI=1S/C15H17NO3S/c1-9(17)4-5-12(18)15-7-10-6-11(16-2)13(19-3)8-14(10)20-15/h6-8,16-17H,1,4-5H2,2-3H3. The van der Waals surface area contributed by atoms with Crippen molar-refractivity contribution >= 4 is 32.9 Å². The lowest BCUT2D eigenvalue weighted by molar-refractivity contribution is 0.0982. The lowest BCUT2D eigenvalue weighted by Gasteiger charge is -2.07. The van der Waals surface area contributed by atoms with Crippen molar-refractivity contribution in [3.63, 3.8) is 0 Å². The summed E-state index contributed by atoms with van der Waals surface area (Å²) in [6.45, 7) is 3.39. The number of ketones is 1. The van der Waals surface area contributed by atoms with Gasteiger partial charge in [-0.2, -0.15) is 0 Å². The number of carbonyl (C=O) groups excluding carboxylic acids is 1. The second kappa shape index (κ2) is 5.96. The van der Waals surface area contributed by atoms with Crippen LogP contribution in [0.5, 0.6) is 5.75 Å². The van der Waals surface area contributed by atoms with Crippen molar-refractivity contribution in [3.8, 4) is 5.75 Å². The fourth-order valence-electron chi connectivity index (χ4n) is 1.95. The summed E-state index contributed by atoms with van der Waals surface area (Å²) < 4.78 is 6.31. The van der Waals surface area contributed by atoms with Gasteiger partial charge in [0.1, 0.15) is 5.75 Å². The van der Waals surface area contributed by atoms with E-state index >= 15 is 0 Å². The summed E-state index contributed by atoms with van der Waals surface area (Å²) >= 11 is 1.44. The largest absolute Gasteiger partial charge is 0.513 e. The topological polar surface area (TPSA) is 58.6 Å². The summed E-state index contributed by atoms with van der Waals surface area (Å²) in [5.74, 6) is 0.814. The van der Waals surface area contributed by atoms with Gasteiger partial charge in [0.2, 0.25) is 0 Å². The van der Waals surface area contributed by atoms with Gasteiger partial charge in [-0.25, -0.2) is 0 Å². The van der Waals surface area contributed by atoms with E-state index in [1.54, 1.807) is 7.11 Å². The first kappa shape index (κ1) is 14.4. The molecule has 0 saturated heterocycles. The molecule has 106 valence electrons. The van der Waals surface area contributed by atoms with E-state index in [9.17, 15) is 4.79 Å². The molecule has 4 nitrogen and oxygen atoms in total. The third-order valence-electron chi connectivity index (χ3n) is 3.02. The SMILES string of the molecule is C=C(O)CCC(=O)c1cc2cc(NC)c(OC)cc2s1. The van der Waals surface area contributed by atoms with Crippen molar-refractivity contribution < 1.29 is 14.6 Å². The number of carbonyl (C=O) groups is 1. The Hall–Kier alpha value is -2.01. The first-order valence-corrected chi connectivity index (χ1v) is 7.06. The molecule has 0 fully saturated rings. The molecule has 2 rings (SSSR count). The molecule has 0 bridgehead atoms. The lowest BCUT2D eigenvalue weighted by atomic mass is 10.1. The Bertz CT molecular complexity index is 619. The fourth-order valence-corrected chi connectivity index (χ4v) is 2.99. The van der Waals surface area contributed by atoms with E-state index in [1.165, 1.54) is 11.3 Å². The first-order valence-electron chi connectivity index (χ1n) is 6.24. The molecule has 1 aromatic carbocycles. The molecule has 0 radical (unpaired) electrons. The number of Topliss-reactive ketones (excluding diaryl/α,β-unsaturated/α-hetero) is 1. The second-order valence-corrected chi connectivity index (χ2v) is 5.52. The predicted molar refractivity (Wildman–Crippen MR) is 83.3 cm³/mol. The number of allylic oxidation sites excluding steroid dienone is 1. The molecule has 2 aromatic rings. The van der Waals surface area contributed by atoms with Crippen molar-refractivity contribution in [3.05, 3.63) is 35.4 Å². The van der Waals surface area contributed by atoms with Crippen LogP contribution in [0.15, 0.2) is 30.5 Å². The monoisotopic (exact) mass is 291 g/mol. The minimum absolute atomic E-state index is 0.0198. The van der Waals surface area contributed by atoms with Crippen molar-refractivity contribution in [1.29, 1.82) is 0 Å². The van der Waals surface area contributed by atoms with E-state index in [1.807, 2.05) is 25.2 Å². The molecule has 0 aliphatic rings. The van der Waals surface area contributed by atoms with Crippen molar-refractivity contribution in [2.75, 3.05) is 19.5 Å². The van der Waals surface area contributed by atoms with Crippen molar-refractivity contribution in [1.82, 2.24) is 0 Å². The van der Waals surface area contributed by atoms with Crippen LogP contribution in [-0.2, 0) is 0 Å². The van der Waals surface area contributed by atoms with E-state index in [0.717, 1.165) is 21.5 Å². The fraction of sp³-hybridized carbons (Fsp3) is 0.267. The maximum atomic E-state index is 12.0. The summed E-state index contributed by atoms with van der Waals surface area (Å²) in [4.78, 5) is 12.7. The molecule has 0 aliphatic carbocycles. The van der Waals surface area contributed by atoms with Crippen LogP contribution in [0.3, 0.4) is 0 Å². The highest BCUT2D eigenvalue weighted by molar-refractivity contribution is 7.20. The Morgan fingerprint density at radius 2 is 2.15 bits per heavy atom. The quantitative estimate of drug-likeness (QED) is 0.624. The molecule has 1 heterocycles.